The Labute approximate surface area is 109 Å². The molecule has 0 bridgehead atoms. The number of anilines is 1. The molecule has 0 aliphatic rings. The van der Waals surface area contributed by atoms with Crippen molar-refractivity contribution in [1.82, 2.24) is 9.97 Å². The smallest absolute Gasteiger partial charge is 0.229 e. The van der Waals surface area contributed by atoms with Crippen molar-refractivity contribution >= 4 is 55.2 Å². The summed E-state index contributed by atoms with van der Waals surface area (Å²) in [6, 6.07) is 0. The molecular weight excluding hydrogens is 349 g/mol. The van der Waals surface area contributed by atoms with Crippen LogP contribution in [0.5, 0.6) is 0 Å². The fourth-order valence-corrected chi connectivity index (χ4v) is 1.79. The minimum Gasteiger partial charge on any atom is -0.308 e. The van der Waals surface area contributed by atoms with Gasteiger partial charge in [-0.25, -0.2) is 9.97 Å². The summed E-state index contributed by atoms with van der Waals surface area (Å²) >= 11 is 11.9. The average Bonchev–Trinajstić information content (AvgIpc) is 2.20. The topological polar surface area (TPSA) is 54.9 Å². The van der Waals surface area contributed by atoms with Crippen LogP contribution in [0.2, 0.25) is 0 Å². The summed E-state index contributed by atoms with van der Waals surface area (Å²) in [5.41, 5.74) is 0. The predicted molar refractivity (Wildman–Crippen MR) is 65.9 cm³/mol. The second-order valence-corrected chi connectivity index (χ2v) is 4.75. The van der Waals surface area contributed by atoms with Crippen LogP contribution in [0.4, 0.5) is 5.82 Å². The largest absolute Gasteiger partial charge is 0.308 e. The van der Waals surface area contributed by atoms with Crippen molar-refractivity contribution in [1.29, 1.82) is 0 Å². The van der Waals surface area contributed by atoms with Gasteiger partial charge >= 0.3 is 0 Å². The molecule has 4 nitrogen and oxygen atoms in total. The molecule has 0 aliphatic heterocycles. The Hall–Kier alpha value is -0.200. The zero-order chi connectivity index (χ0) is 11.4. The van der Waals surface area contributed by atoms with E-state index in [0.717, 1.165) is 0 Å². The molecule has 1 aromatic heterocycles. The molecule has 0 aliphatic carbocycles. The van der Waals surface area contributed by atoms with Gasteiger partial charge < -0.3 is 5.32 Å². The second-order valence-electron chi connectivity index (χ2n) is 2.88. The monoisotopic (exact) mass is 355 g/mol. The maximum atomic E-state index is 11.5. The summed E-state index contributed by atoms with van der Waals surface area (Å²) in [5.74, 6) is 0.222. The molecule has 0 radical (unpaired) electrons. The molecule has 15 heavy (non-hydrogen) atoms. The lowest BCUT2D eigenvalue weighted by molar-refractivity contribution is -0.118. The third-order valence-electron chi connectivity index (χ3n) is 1.62. The molecule has 0 saturated heterocycles. The lowest BCUT2D eigenvalue weighted by Gasteiger charge is -2.09. The first kappa shape index (κ1) is 12.9. The quantitative estimate of drug-likeness (QED) is 0.847. The maximum Gasteiger partial charge on any atom is 0.229 e. The van der Waals surface area contributed by atoms with Gasteiger partial charge in [0.05, 0.1) is 6.20 Å². The zero-order valence-corrected chi connectivity index (χ0v) is 11.7. The molecule has 0 aromatic carbocycles. The maximum absolute atomic E-state index is 11.5. The van der Waals surface area contributed by atoms with Crippen LogP contribution in [0, 0.1) is 5.92 Å². The van der Waals surface area contributed by atoms with E-state index in [1.54, 1.807) is 6.92 Å². The minimum atomic E-state index is -0.260. The van der Waals surface area contributed by atoms with Gasteiger partial charge in [-0.1, -0.05) is 6.92 Å². The van der Waals surface area contributed by atoms with E-state index in [2.05, 4.69) is 47.1 Å². The molecule has 1 aromatic rings. The number of hydrogen-bond donors (Lipinski definition) is 1. The van der Waals surface area contributed by atoms with Crippen molar-refractivity contribution in [2.24, 2.45) is 5.92 Å². The third-order valence-corrected chi connectivity index (χ3v) is 3.02. The summed E-state index contributed by atoms with van der Waals surface area (Å²) in [6.07, 6.45) is 1.51. The summed E-state index contributed by atoms with van der Waals surface area (Å²) in [4.78, 5) is 19.5. The van der Waals surface area contributed by atoms with Crippen LogP contribution in [0.3, 0.4) is 0 Å². The fourth-order valence-electron chi connectivity index (χ4n) is 0.740. The normalized spacial score (nSPS) is 12.3. The highest BCUT2D eigenvalue weighted by atomic mass is 79.9. The van der Waals surface area contributed by atoms with Crippen molar-refractivity contribution in [3.63, 3.8) is 0 Å². The molecule has 0 fully saturated rings. The van der Waals surface area contributed by atoms with E-state index in [-0.39, 0.29) is 17.7 Å². The van der Waals surface area contributed by atoms with Gasteiger partial charge in [-0.05, 0) is 31.9 Å². The van der Waals surface area contributed by atoms with Gasteiger partial charge in [-0.2, -0.15) is 0 Å². The Morgan fingerprint density at radius 2 is 2.33 bits per heavy atom. The number of alkyl halides is 1. The Morgan fingerprint density at radius 3 is 2.87 bits per heavy atom. The Bertz CT molecular complexity index is 375. The van der Waals surface area contributed by atoms with Crippen LogP contribution in [-0.2, 0) is 4.79 Å². The van der Waals surface area contributed by atoms with E-state index in [4.69, 9.17) is 11.6 Å². The van der Waals surface area contributed by atoms with Crippen molar-refractivity contribution in [3.05, 3.63) is 15.4 Å². The van der Waals surface area contributed by atoms with E-state index in [1.165, 1.54) is 6.20 Å². The summed E-state index contributed by atoms with van der Waals surface area (Å²) in [7, 11) is 0. The Balaban J connectivity index is 2.77. The molecule has 82 valence electrons. The molecule has 0 saturated carbocycles. The fraction of sp³-hybridized carbons (Fsp3) is 0.375. The van der Waals surface area contributed by atoms with Crippen molar-refractivity contribution in [2.45, 2.75) is 6.92 Å². The number of carbonyl (C=O) groups is 1. The van der Waals surface area contributed by atoms with Gasteiger partial charge in [0.15, 0.2) is 5.82 Å². The van der Waals surface area contributed by atoms with E-state index >= 15 is 0 Å². The van der Waals surface area contributed by atoms with E-state index < -0.39 is 0 Å². The molecular formula is C8H8Br2ClN3O. The Morgan fingerprint density at radius 1 is 1.67 bits per heavy atom. The van der Waals surface area contributed by atoms with Gasteiger partial charge in [0.2, 0.25) is 5.91 Å². The lowest BCUT2D eigenvalue weighted by Crippen LogP contribution is -2.22. The molecule has 1 atom stereocenters. The van der Waals surface area contributed by atoms with Gasteiger partial charge in [-0.3, -0.25) is 4.79 Å². The average molecular weight is 357 g/mol. The number of amides is 1. The molecule has 1 amide bonds. The molecule has 1 heterocycles. The number of rotatable bonds is 3. The van der Waals surface area contributed by atoms with Gasteiger partial charge in [0.1, 0.15) is 9.21 Å². The molecule has 1 unspecified atom stereocenters. The number of aromatic nitrogens is 2. The minimum absolute atomic E-state index is 0.178. The van der Waals surface area contributed by atoms with Crippen molar-refractivity contribution in [2.75, 3.05) is 11.2 Å². The number of carbonyl (C=O) groups excluding carboxylic acids is 1. The van der Waals surface area contributed by atoms with Gasteiger partial charge in [0, 0.05) is 11.8 Å². The molecule has 1 rings (SSSR count). The van der Waals surface area contributed by atoms with Crippen LogP contribution in [0.1, 0.15) is 6.92 Å². The van der Waals surface area contributed by atoms with Crippen LogP contribution in [0.25, 0.3) is 0 Å². The van der Waals surface area contributed by atoms with Crippen LogP contribution >= 0.6 is 43.5 Å². The molecule has 1 N–H and O–H groups in total. The Kier molecular flexibility index (Phi) is 4.95. The van der Waals surface area contributed by atoms with Crippen LogP contribution in [0.15, 0.2) is 15.4 Å². The standard InChI is InChI=1S/C8H8Br2ClN3O/c1-4(2-11)8(15)14-7-6(10)13-5(9)3-12-7/h3-4H,2H2,1H3,(H,12,14,15). The van der Waals surface area contributed by atoms with Gasteiger partial charge in [0.25, 0.3) is 0 Å². The number of nitrogens with one attached hydrogen (secondary N) is 1. The van der Waals surface area contributed by atoms with Gasteiger partial charge in [-0.15, -0.1) is 11.6 Å². The molecule has 0 spiro atoms. The second kappa shape index (κ2) is 5.77. The highest BCUT2D eigenvalue weighted by Gasteiger charge is 2.14. The first-order valence-electron chi connectivity index (χ1n) is 4.09. The van der Waals surface area contributed by atoms with Crippen molar-refractivity contribution in [3.8, 4) is 0 Å². The summed E-state index contributed by atoms with van der Waals surface area (Å²) in [6.45, 7) is 1.74. The zero-order valence-electron chi connectivity index (χ0n) is 7.80. The van der Waals surface area contributed by atoms with Crippen molar-refractivity contribution < 1.29 is 4.79 Å². The molecule has 7 heteroatoms. The summed E-state index contributed by atoms with van der Waals surface area (Å²) < 4.78 is 1.07. The lowest BCUT2D eigenvalue weighted by atomic mass is 10.2. The highest BCUT2D eigenvalue weighted by Crippen LogP contribution is 2.19. The van der Waals surface area contributed by atoms with Crippen LogP contribution < -0.4 is 5.32 Å². The third kappa shape index (κ3) is 3.70. The van der Waals surface area contributed by atoms with E-state index in [1.807, 2.05) is 0 Å². The number of halogens is 3. The number of hydrogen-bond acceptors (Lipinski definition) is 3. The number of nitrogens with zero attached hydrogens (tertiary/aromatic N) is 2. The first-order chi connectivity index (χ1) is 7.04. The SMILES string of the molecule is CC(CCl)C(=O)Nc1ncc(Br)nc1Br. The first-order valence-corrected chi connectivity index (χ1v) is 6.21. The summed E-state index contributed by atoms with van der Waals surface area (Å²) in [5, 5.41) is 2.62. The predicted octanol–water partition coefficient (Wildman–Crippen LogP) is 2.82. The highest BCUT2D eigenvalue weighted by molar-refractivity contribution is 9.11. The van der Waals surface area contributed by atoms with E-state index in [9.17, 15) is 4.79 Å². The van der Waals surface area contributed by atoms with Crippen LogP contribution in [-0.4, -0.2) is 21.8 Å². The van der Waals surface area contributed by atoms with E-state index in [0.29, 0.717) is 15.0 Å².